The third kappa shape index (κ3) is 4.59. The Labute approximate surface area is 142 Å². The van der Waals surface area contributed by atoms with Crippen LogP contribution in [-0.4, -0.2) is 52.8 Å². The van der Waals surface area contributed by atoms with Crippen LogP contribution < -0.4 is 0 Å². The fraction of sp³-hybridized carbons (Fsp3) is 0.706. The Hall–Kier alpha value is -1.30. The SMILES string of the molecule is CC1CCN(C(=O)CN2C(=O)CSC2=CC(=O)C(C)(C)C)CC1. The molecular formula is C17H26N2O3S. The Morgan fingerprint density at radius 2 is 1.87 bits per heavy atom. The Balaban J connectivity index is 2.04. The summed E-state index contributed by atoms with van der Waals surface area (Å²) in [6, 6.07) is 0. The molecule has 23 heavy (non-hydrogen) atoms. The molecule has 2 rings (SSSR count). The van der Waals surface area contributed by atoms with E-state index in [9.17, 15) is 14.4 Å². The summed E-state index contributed by atoms with van der Waals surface area (Å²) < 4.78 is 0. The lowest BCUT2D eigenvalue weighted by Crippen LogP contribution is -2.44. The van der Waals surface area contributed by atoms with Gasteiger partial charge in [-0.3, -0.25) is 19.3 Å². The van der Waals surface area contributed by atoms with E-state index in [0.29, 0.717) is 16.7 Å². The summed E-state index contributed by atoms with van der Waals surface area (Å²) in [5.74, 6) is 0.804. The molecule has 0 unspecified atom stereocenters. The summed E-state index contributed by atoms with van der Waals surface area (Å²) in [4.78, 5) is 40.0. The predicted octanol–water partition coefficient (Wildman–Crippen LogP) is 2.28. The minimum absolute atomic E-state index is 0.0261. The number of ketones is 1. The van der Waals surface area contributed by atoms with Crippen molar-refractivity contribution in [3.63, 3.8) is 0 Å². The van der Waals surface area contributed by atoms with Crippen molar-refractivity contribution >= 4 is 29.4 Å². The Morgan fingerprint density at radius 1 is 1.26 bits per heavy atom. The van der Waals surface area contributed by atoms with E-state index >= 15 is 0 Å². The van der Waals surface area contributed by atoms with Gasteiger partial charge in [0.1, 0.15) is 6.54 Å². The number of hydrogen-bond donors (Lipinski definition) is 0. The van der Waals surface area contributed by atoms with E-state index in [1.54, 1.807) is 0 Å². The van der Waals surface area contributed by atoms with E-state index in [1.807, 2.05) is 25.7 Å². The van der Waals surface area contributed by atoms with Gasteiger partial charge >= 0.3 is 0 Å². The second-order valence-electron chi connectivity index (χ2n) is 7.43. The molecule has 0 aromatic heterocycles. The lowest BCUT2D eigenvalue weighted by atomic mass is 9.91. The van der Waals surface area contributed by atoms with Crippen molar-refractivity contribution < 1.29 is 14.4 Å². The predicted molar refractivity (Wildman–Crippen MR) is 91.7 cm³/mol. The van der Waals surface area contributed by atoms with E-state index in [2.05, 4.69) is 6.92 Å². The monoisotopic (exact) mass is 338 g/mol. The molecule has 0 radical (unpaired) electrons. The number of likely N-dealkylation sites (tertiary alicyclic amines) is 1. The second kappa shape index (κ2) is 7.07. The molecule has 0 spiro atoms. The first-order valence-corrected chi connectivity index (χ1v) is 9.14. The lowest BCUT2D eigenvalue weighted by Gasteiger charge is -2.31. The molecule has 2 aliphatic heterocycles. The fourth-order valence-corrected chi connectivity index (χ4v) is 3.46. The standard InChI is InChI=1S/C17H26N2O3S/c1-12-5-7-18(8-6-12)14(21)10-19-15(22)11-23-16(19)9-13(20)17(2,3)4/h9,12H,5-8,10-11H2,1-4H3. The quantitative estimate of drug-likeness (QED) is 0.741. The number of hydrogen-bond acceptors (Lipinski definition) is 4. The van der Waals surface area contributed by atoms with Crippen LogP contribution >= 0.6 is 11.8 Å². The van der Waals surface area contributed by atoms with E-state index in [1.165, 1.54) is 22.7 Å². The number of thioether (sulfide) groups is 1. The summed E-state index contributed by atoms with van der Waals surface area (Å²) >= 11 is 1.34. The molecule has 128 valence electrons. The minimum Gasteiger partial charge on any atom is -0.341 e. The van der Waals surface area contributed by atoms with Gasteiger partial charge in [-0.1, -0.05) is 39.5 Å². The summed E-state index contributed by atoms with van der Waals surface area (Å²) in [6.45, 7) is 9.30. The van der Waals surface area contributed by atoms with Gasteiger partial charge in [0.15, 0.2) is 5.78 Å². The molecule has 0 atom stereocenters. The van der Waals surface area contributed by atoms with Crippen LogP contribution in [0.2, 0.25) is 0 Å². The van der Waals surface area contributed by atoms with Crippen molar-refractivity contribution in [2.24, 2.45) is 11.3 Å². The highest BCUT2D eigenvalue weighted by Crippen LogP contribution is 2.30. The van der Waals surface area contributed by atoms with Gasteiger partial charge in [-0.05, 0) is 18.8 Å². The number of nitrogens with zero attached hydrogens (tertiary/aromatic N) is 2. The van der Waals surface area contributed by atoms with Crippen molar-refractivity contribution in [2.45, 2.75) is 40.5 Å². The van der Waals surface area contributed by atoms with Gasteiger partial charge in [-0.2, -0.15) is 0 Å². The number of piperidine rings is 1. The van der Waals surface area contributed by atoms with Crippen molar-refractivity contribution in [1.29, 1.82) is 0 Å². The number of carbonyl (C=O) groups excluding carboxylic acids is 3. The molecule has 2 aliphatic rings. The van der Waals surface area contributed by atoms with Crippen LogP contribution in [-0.2, 0) is 14.4 Å². The van der Waals surface area contributed by atoms with E-state index in [4.69, 9.17) is 0 Å². The van der Waals surface area contributed by atoms with Gasteiger partial charge in [0.2, 0.25) is 11.8 Å². The smallest absolute Gasteiger partial charge is 0.242 e. The molecular weight excluding hydrogens is 312 g/mol. The zero-order chi connectivity index (χ0) is 17.2. The Kier molecular flexibility index (Phi) is 5.55. The van der Waals surface area contributed by atoms with Gasteiger partial charge in [0, 0.05) is 24.6 Å². The molecule has 0 aliphatic carbocycles. The maximum atomic E-state index is 12.4. The van der Waals surface area contributed by atoms with Crippen LogP contribution in [0.1, 0.15) is 40.5 Å². The first kappa shape index (κ1) is 18.0. The maximum Gasteiger partial charge on any atom is 0.242 e. The van der Waals surface area contributed by atoms with Gasteiger partial charge < -0.3 is 4.90 Å². The van der Waals surface area contributed by atoms with E-state index < -0.39 is 5.41 Å². The molecule has 2 saturated heterocycles. The lowest BCUT2D eigenvalue weighted by molar-refractivity contribution is -0.138. The van der Waals surface area contributed by atoms with Gasteiger partial charge in [-0.25, -0.2) is 0 Å². The van der Waals surface area contributed by atoms with Gasteiger partial charge in [-0.15, -0.1) is 0 Å². The topological polar surface area (TPSA) is 57.7 Å². The van der Waals surface area contributed by atoms with Crippen LogP contribution in [0.15, 0.2) is 11.1 Å². The average molecular weight is 338 g/mol. The molecule has 5 nitrogen and oxygen atoms in total. The van der Waals surface area contributed by atoms with E-state index in [0.717, 1.165) is 25.9 Å². The maximum absolute atomic E-state index is 12.4. The summed E-state index contributed by atoms with van der Waals surface area (Å²) in [5.41, 5.74) is -0.488. The molecule has 2 amide bonds. The number of allylic oxidation sites excluding steroid dienone is 1. The second-order valence-corrected chi connectivity index (χ2v) is 8.42. The van der Waals surface area contributed by atoms with Crippen LogP contribution in [0, 0.1) is 11.3 Å². The molecule has 2 heterocycles. The van der Waals surface area contributed by atoms with Gasteiger partial charge in [0.25, 0.3) is 0 Å². The third-order valence-corrected chi connectivity index (χ3v) is 5.36. The van der Waals surface area contributed by atoms with Crippen molar-refractivity contribution in [2.75, 3.05) is 25.4 Å². The highest BCUT2D eigenvalue weighted by molar-refractivity contribution is 8.04. The molecule has 0 N–H and O–H groups in total. The Morgan fingerprint density at radius 3 is 2.43 bits per heavy atom. The largest absolute Gasteiger partial charge is 0.341 e. The van der Waals surface area contributed by atoms with Crippen molar-refractivity contribution in [3.05, 3.63) is 11.1 Å². The molecule has 0 bridgehead atoms. The molecule has 0 aromatic rings. The summed E-state index contributed by atoms with van der Waals surface area (Å²) in [7, 11) is 0. The first-order valence-electron chi connectivity index (χ1n) is 8.15. The highest BCUT2D eigenvalue weighted by atomic mass is 32.2. The van der Waals surface area contributed by atoms with Crippen LogP contribution in [0.5, 0.6) is 0 Å². The highest BCUT2D eigenvalue weighted by Gasteiger charge is 2.32. The fourth-order valence-electron chi connectivity index (χ4n) is 2.52. The number of carbonyl (C=O) groups is 3. The normalized spacial score (nSPS) is 22.1. The number of amides is 2. The summed E-state index contributed by atoms with van der Waals surface area (Å²) in [5, 5.41) is 0.605. The number of rotatable bonds is 3. The van der Waals surface area contributed by atoms with Gasteiger partial charge in [0.05, 0.1) is 10.8 Å². The molecule has 6 heteroatoms. The zero-order valence-electron chi connectivity index (χ0n) is 14.4. The Bertz CT molecular complexity index is 528. The van der Waals surface area contributed by atoms with Crippen molar-refractivity contribution in [3.8, 4) is 0 Å². The third-order valence-electron chi connectivity index (χ3n) is 4.33. The van der Waals surface area contributed by atoms with E-state index in [-0.39, 0.29) is 24.1 Å². The summed E-state index contributed by atoms with van der Waals surface area (Å²) in [6.07, 6.45) is 3.54. The van der Waals surface area contributed by atoms with Crippen LogP contribution in [0.3, 0.4) is 0 Å². The zero-order valence-corrected chi connectivity index (χ0v) is 15.2. The van der Waals surface area contributed by atoms with Crippen LogP contribution in [0.25, 0.3) is 0 Å². The molecule has 2 fully saturated rings. The average Bonchev–Trinajstić information content (AvgIpc) is 2.80. The molecule has 0 saturated carbocycles. The van der Waals surface area contributed by atoms with Crippen molar-refractivity contribution in [1.82, 2.24) is 9.80 Å². The first-order chi connectivity index (χ1) is 10.7. The van der Waals surface area contributed by atoms with Crippen LogP contribution in [0.4, 0.5) is 0 Å². The minimum atomic E-state index is -0.488. The molecule has 0 aromatic carbocycles.